The lowest BCUT2D eigenvalue weighted by Gasteiger charge is -2.23. The van der Waals surface area contributed by atoms with Gasteiger partial charge in [0.25, 0.3) is 0 Å². The van der Waals surface area contributed by atoms with E-state index in [1.165, 1.54) is 6.26 Å². The van der Waals surface area contributed by atoms with Gasteiger partial charge in [0.15, 0.2) is 0 Å². The minimum atomic E-state index is -0.998. The number of nitrogens with zero attached hydrogens (tertiary/aromatic N) is 2. The minimum Gasteiger partial charge on any atom is -0.475 e. The second kappa shape index (κ2) is 4.89. The molecule has 0 aliphatic carbocycles. The standard InChI is InChI=1S/C12H18N2O3/c1-13-5-3-10(8-13)14(2)7-9-4-6-17-11(9)12(15)16/h4,6,10H,3,5,7-8H2,1-2H3,(H,15,16). The molecule has 1 unspecified atom stereocenters. The van der Waals surface area contributed by atoms with Crippen LogP contribution in [0, 0.1) is 0 Å². The summed E-state index contributed by atoms with van der Waals surface area (Å²) >= 11 is 0. The summed E-state index contributed by atoms with van der Waals surface area (Å²) in [6, 6.07) is 2.23. The van der Waals surface area contributed by atoms with E-state index in [2.05, 4.69) is 16.8 Å². The summed E-state index contributed by atoms with van der Waals surface area (Å²) < 4.78 is 4.97. The quantitative estimate of drug-likeness (QED) is 0.851. The van der Waals surface area contributed by atoms with Crippen molar-refractivity contribution < 1.29 is 14.3 Å². The van der Waals surface area contributed by atoms with Crippen LogP contribution in [0.3, 0.4) is 0 Å². The Balaban J connectivity index is 2.00. The predicted molar refractivity (Wildman–Crippen MR) is 63.0 cm³/mol. The van der Waals surface area contributed by atoms with Gasteiger partial charge in [0, 0.05) is 24.7 Å². The fourth-order valence-corrected chi connectivity index (χ4v) is 2.32. The van der Waals surface area contributed by atoms with Crippen molar-refractivity contribution in [2.24, 2.45) is 0 Å². The highest BCUT2D eigenvalue weighted by atomic mass is 16.4. The molecule has 1 aromatic rings. The van der Waals surface area contributed by atoms with Gasteiger partial charge in [0.05, 0.1) is 6.26 Å². The SMILES string of the molecule is CN1CCC(N(C)Cc2ccoc2C(=O)O)C1. The third-order valence-electron chi connectivity index (χ3n) is 3.35. The maximum absolute atomic E-state index is 10.9. The molecular formula is C12H18N2O3. The molecule has 1 fully saturated rings. The molecule has 0 spiro atoms. The van der Waals surface area contributed by atoms with Crippen molar-refractivity contribution in [2.45, 2.75) is 19.0 Å². The van der Waals surface area contributed by atoms with Gasteiger partial charge in [-0.05, 0) is 33.1 Å². The van der Waals surface area contributed by atoms with Crippen molar-refractivity contribution in [3.8, 4) is 0 Å². The molecule has 1 aliphatic rings. The lowest BCUT2D eigenvalue weighted by Crippen LogP contribution is -2.33. The molecule has 0 bridgehead atoms. The summed E-state index contributed by atoms with van der Waals surface area (Å²) in [5.74, 6) is -0.940. The Kier molecular flexibility index (Phi) is 3.49. The Morgan fingerprint density at radius 3 is 3.06 bits per heavy atom. The van der Waals surface area contributed by atoms with Crippen LogP contribution < -0.4 is 0 Å². The van der Waals surface area contributed by atoms with Crippen molar-refractivity contribution in [1.82, 2.24) is 9.80 Å². The number of carbonyl (C=O) groups is 1. The van der Waals surface area contributed by atoms with Gasteiger partial charge in [-0.15, -0.1) is 0 Å². The zero-order valence-electron chi connectivity index (χ0n) is 10.2. The van der Waals surface area contributed by atoms with Crippen LogP contribution in [0.15, 0.2) is 16.7 Å². The third kappa shape index (κ3) is 2.68. The van der Waals surface area contributed by atoms with Crippen LogP contribution in [0.4, 0.5) is 0 Å². The second-order valence-electron chi connectivity index (χ2n) is 4.70. The average Bonchev–Trinajstić information content (AvgIpc) is 2.86. The molecule has 0 aromatic carbocycles. The maximum Gasteiger partial charge on any atom is 0.372 e. The molecule has 1 atom stereocenters. The Morgan fingerprint density at radius 2 is 2.47 bits per heavy atom. The first-order valence-corrected chi connectivity index (χ1v) is 5.76. The largest absolute Gasteiger partial charge is 0.475 e. The summed E-state index contributed by atoms with van der Waals surface area (Å²) in [4.78, 5) is 15.4. The summed E-state index contributed by atoms with van der Waals surface area (Å²) in [6.07, 6.45) is 2.57. The van der Waals surface area contributed by atoms with Crippen LogP contribution in [0.1, 0.15) is 22.5 Å². The monoisotopic (exact) mass is 238 g/mol. The number of rotatable bonds is 4. The van der Waals surface area contributed by atoms with E-state index in [0.717, 1.165) is 25.1 Å². The topological polar surface area (TPSA) is 56.9 Å². The zero-order valence-corrected chi connectivity index (χ0v) is 10.2. The van der Waals surface area contributed by atoms with E-state index in [1.807, 2.05) is 7.05 Å². The van der Waals surface area contributed by atoms with E-state index in [4.69, 9.17) is 9.52 Å². The number of likely N-dealkylation sites (N-methyl/N-ethyl adjacent to an activating group) is 2. The molecule has 2 heterocycles. The number of aromatic carboxylic acids is 1. The van der Waals surface area contributed by atoms with Gasteiger partial charge in [0.1, 0.15) is 0 Å². The molecule has 17 heavy (non-hydrogen) atoms. The van der Waals surface area contributed by atoms with Gasteiger partial charge >= 0.3 is 5.97 Å². The Bertz CT molecular complexity index is 402. The van der Waals surface area contributed by atoms with Gasteiger partial charge in [-0.3, -0.25) is 4.90 Å². The molecule has 0 saturated carbocycles. The molecule has 1 N–H and O–H groups in total. The second-order valence-corrected chi connectivity index (χ2v) is 4.70. The lowest BCUT2D eigenvalue weighted by atomic mass is 10.2. The molecular weight excluding hydrogens is 220 g/mol. The van der Waals surface area contributed by atoms with E-state index >= 15 is 0 Å². The van der Waals surface area contributed by atoms with Crippen molar-refractivity contribution in [2.75, 3.05) is 27.2 Å². The van der Waals surface area contributed by atoms with Crippen LogP contribution in [0.2, 0.25) is 0 Å². The average molecular weight is 238 g/mol. The summed E-state index contributed by atoms with van der Waals surface area (Å²) in [5, 5.41) is 8.95. The minimum absolute atomic E-state index is 0.0585. The van der Waals surface area contributed by atoms with E-state index in [0.29, 0.717) is 12.6 Å². The van der Waals surface area contributed by atoms with Crippen LogP contribution in [0.25, 0.3) is 0 Å². The van der Waals surface area contributed by atoms with E-state index < -0.39 is 5.97 Å². The van der Waals surface area contributed by atoms with Crippen LogP contribution in [-0.4, -0.2) is 54.1 Å². The summed E-state index contributed by atoms with van der Waals surface area (Å²) in [5.41, 5.74) is 0.745. The molecule has 94 valence electrons. The van der Waals surface area contributed by atoms with E-state index in [9.17, 15) is 4.79 Å². The highest BCUT2D eigenvalue weighted by molar-refractivity contribution is 5.86. The van der Waals surface area contributed by atoms with E-state index in [1.54, 1.807) is 6.07 Å². The van der Waals surface area contributed by atoms with Gasteiger partial charge < -0.3 is 14.4 Å². The van der Waals surface area contributed by atoms with Crippen LogP contribution in [-0.2, 0) is 6.54 Å². The summed E-state index contributed by atoms with van der Waals surface area (Å²) in [7, 11) is 4.14. The normalized spacial score (nSPS) is 21.2. The molecule has 2 rings (SSSR count). The molecule has 1 saturated heterocycles. The number of hydrogen-bond donors (Lipinski definition) is 1. The first kappa shape index (κ1) is 12.1. The molecule has 1 aromatic heterocycles. The molecule has 5 heteroatoms. The van der Waals surface area contributed by atoms with Gasteiger partial charge in [-0.2, -0.15) is 0 Å². The third-order valence-corrected chi connectivity index (χ3v) is 3.35. The number of likely N-dealkylation sites (tertiary alicyclic amines) is 1. The first-order chi connectivity index (χ1) is 8.08. The number of carboxylic acids is 1. The van der Waals surface area contributed by atoms with Crippen LogP contribution >= 0.6 is 0 Å². The number of hydrogen-bond acceptors (Lipinski definition) is 4. The number of furan rings is 1. The fraction of sp³-hybridized carbons (Fsp3) is 0.583. The Morgan fingerprint density at radius 1 is 1.71 bits per heavy atom. The fourth-order valence-electron chi connectivity index (χ4n) is 2.32. The smallest absolute Gasteiger partial charge is 0.372 e. The van der Waals surface area contributed by atoms with Crippen molar-refractivity contribution >= 4 is 5.97 Å². The molecule has 0 amide bonds. The maximum atomic E-state index is 10.9. The van der Waals surface area contributed by atoms with Crippen LogP contribution in [0.5, 0.6) is 0 Å². The molecule has 5 nitrogen and oxygen atoms in total. The van der Waals surface area contributed by atoms with Gasteiger partial charge in [-0.25, -0.2) is 4.79 Å². The van der Waals surface area contributed by atoms with Gasteiger partial charge in [0.2, 0.25) is 5.76 Å². The predicted octanol–water partition coefficient (Wildman–Crippen LogP) is 1.11. The van der Waals surface area contributed by atoms with Crippen molar-refractivity contribution in [3.05, 3.63) is 23.7 Å². The highest BCUT2D eigenvalue weighted by Crippen LogP contribution is 2.18. The van der Waals surface area contributed by atoms with Gasteiger partial charge in [-0.1, -0.05) is 0 Å². The number of carboxylic acid groups (broad SMARTS) is 1. The Labute approximate surface area is 101 Å². The van der Waals surface area contributed by atoms with Crippen molar-refractivity contribution in [3.63, 3.8) is 0 Å². The van der Waals surface area contributed by atoms with Crippen molar-refractivity contribution in [1.29, 1.82) is 0 Å². The first-order valence-electron chi connectivity index (χ1n) is 5.76. The molecule has 1 aliphatic heterocycles. The highest BCUT2D eigenvalue weighted by Gasteiger charge is 2.24. The lowest BCUT2D eigenvalue weighted by molar-refractivity contribution is 0.0659. The Hall–Kier alpha value is -1.33. The van der Waals surface area contributed by atoms with E-state index in [-0.39, 0.29) is 5.76 Å². The summed E-state index contributed by atoms with van der Waals surface area (Å²) in [6.45, 7) is 2.76. The zero-order chi connectivity index (χ0) is 12.4. The molecule has 0 radical (unpaired) electrons.